The molecule has 0 fully saturated rings. The molecule has 0 saturated heterocycles. The summed E-state index contributed by atoms with van der Waals surface area (Å²) >= 11 is 3.34. The standard InChI is InChI=1S/C30H36BrN3O5S/c1-5-39-27-15-13-26(14-16-27)34(40(37,38)28-17-11-25(31)12-18-28)21-29(35)33(23(4)30(36)32-22(2)3)20-19-24-9-7-6-8-10-24/h6-18,22-23H,5,19-21H2,1-4H3,(H,32,36). The van der Waals surface area contributed by atoms with Gasteiger partial charge in [0, 0.05) is 17.1 Å². The molecule has 0 bridgehead atoms. The second-order valence-corrected chi connectivity index (χ2v) is 12.3. The Morgan fingerprint density at radius 1 is 0.925 bits per heavy atom. The fourth-order valence-corrected chi connectivity index (χ4v) is 5.79. The SMILES string of the molecule is CCOc1ccc(N(CC(=O)N(CCc2ccccc2)C(C)C(=O)NC(C)C)S(=O)(=O)c2ccc(Br)cc2)cc1. The second kappa shape index (κ2) is 14.3. The lowest BCUT2D eigenvalue weighted by molar-refractivity contribution is -0.139. The van der Waals surface area contributed by atoms with Crippen molar-refractivity contribution in [2.45, 2.75) is 51.1 Å². The van der Waals surface area contributed by atoms with Crippen LogP contribution in [0, 0.1) is 0 Å². The molecular weight excluding hydrogens is 594 g/mol. The number of halogens is 1. The molecule has 3 aromatic carbocycles. The molecule has 40 heavy (non-hydrogen) atoms. The first-order valence-electron chi connectivity index (χ1n) is 13.2. The van der Waals surface area contributed by atoms with Crippen molar-refractivity contribution in [1.29, 1.82) is 0 Å². The van der Waals surface area contributed by atoms with Crippen LogP contribution >= 0.6 is 15.9 Å². The van der Waals surface area contributed by atoms with E-state index in [-0.39, 0.29) is 23.4 Å². The lowest BCUT2D eigenvalue weighted by Gasteiger charge is -2.32. The molecule has 10 heteroatoms. The summed E-state index contributed by atoms with van der Waals surface area (Å²) in [6, 6.07) is 21.5. The first-order valence-corrected chi connectivity index (χ1v) is 15.4. The smallest absolute Gasteiger partial charge is 0.264 e. The Morgan fingerprint density at radius 2 is 1.55 bits per heavy atom. The van der Waals surface area contributed by atoms with Crippen LogP contribution in [0.3, 0.4) is 0 Å². The maximum absolute atomic E-state index is 13.9. The van der Waals surface area contributed by atoms with Gasteiger partial charge >= 0.3 is 0 Å². The Balaban J connectivity index is 1.98. The minimum absolute atomic E-state index is 0.0406. The molecule has 0 aromatic heterocycles. The largest absolute Gasteiger partial charge is 0.494 e. The molecule has 0 radical (unpaired) electrons. The third-order valence-corrected chi connectivity index (χ3v) is 8.52. The van der Waals surface area contributed by atoms with E-state index in [4.69, 9.17) is 4.74 Å². The number of benzene rings is 3. The van der Waals surface area contributed by atoms with Crippen molar-refractivity contribution in [1.82, 2.24) is 10.2 Å². The molecule has 1 atom stereocenters. The van der Waals surface area contributed by atoms with Gasteiger partial charge in [0.15, 0.2) is 0 Å². The van der Waals surface area contributed by atoms with Gasteiger partial charge in [-0.25, -0.2) is 8.42 Å². The predicted octanol–water partition coefficient (Wildman–Crippen LogP) is 5.03. The minimum atomic E-state index is -4.13. The summed E-state index contributed by atoms with van der Waals surface area (Å²) in [5, 5.41) is 2.86. The number of sulfonamides is 1. The maximum Gasteiger partial charge on any atom is 0.264 e. The number of hydrogen-bond donors (Lipinski definition) is 1. The Morgan fingerprint density at radius 3 is 2.12 bits per heavy atom. The summed E-state index contributed by atoms with van der Waals surface area (Å²) < 4.78 is 35.1. The predicted molar refractivity (Wildman–Crippen MR) is 161 cm³/mol. The summed E-state index contributed by atoms with van der Waals surface area (Å²) in [5.41, 5.74) is 1.31. The average molecular weight is 631 g/mol. The van der Waals surface area contributed by atoms with Gasteiger partial charge < -0.3 is 15.0 Å². The van der Waals surface area contributed by atoms with Crippen LogP contribution in [0.15, 0.2) is 88.2 Å². The van der Waals surface area contributed by atoms with E-state index in [1.54, 1.807) is 43.3 Å². The van der Waals surface area contributed by atoms with Crippen LogP contribution in [0.5, 0.6) is 5.75 Å². The number of ether oxygens (including phenoxy) is 1. The molecule has 8 nitrogen and oxygen atoms in total. The molecule has 0 aliphatic rings. The quantitative estimate of drug-likeness (QED) is 0.286. The molecule has 1 N–H and O–H groups in total. The van der Waals surface area contributed by atoms with Crippen molar-refractivity contribution in [3.63, 3.8) is 0 Å². The zero-order valence-electron chi connectivity index (χ0n) is 23.2. The van der Waals surface area contributed by atoms with Crippen LogP contribution in [0.2, 0.25) is 0 Å². The lowest BCUT2D eigenvalue weighted by Crippen LogP contribution is -2.53. The van der Waals surface area contributed by atoms with Gasteiger partial charge in [-0.3, -0.25) is 13.9 Å². The minimum Gasteiger partial charge on any atom is -0.494 e. The molecule has 3 rings (SSSR count). The number of amides is 2. The number of carbonyl (C=O) groups is 2. The highest BCUT2D eigenvalue weighted by atomic mass is 79.9. The van der Waals surface area contributed by atoms with Gasteiger partial charge in [0.1, 0.15) is 18.3 Å². The monoisotopic (exact) mass is 629 g/mol. The highest BCUT2D eigenvalue weighted by Crippen LogP contribution is 2.27. The molecule has 0 heterocycles. The third kappa shape index (κ3) is 8.32. The van der Waals surface area contributed by atoms with Crippen LogP contribution in [-0.4, -0.2) is 56.9 Å². The highest BCUT2D eigenvalue weighted by Gasteiger charge is 2.32. The molecule has 0 aliphatic carbocycles. The van der Waals surface area contributed by atoms with Gasteiger partial charge in [-0.05, 0) is 88.2 Å². The van der Waals surface area contributed by atoms with Crippen LogP contribution in [-0.2, 0) is 26.0 Å². The number of carbonyl (C=O) groups excluding carboxylic acids is 2. The Bertz CT molecular complexity index is 1360. The molecule has 1 unspecified atom stereocenters. The van der Waals surface area contributed by atoms with Gasteiger partial charge in [0.05, 0.1) is 17.2 Å². The Labute approximate surface area is 245 Å². The van der Waals surface area contributed by atoms with Gasteiger partial charge in [-0.15, -0.1) is 0 Å². The van der Waals surface area contributed by atoms with Gasteiger partial charge in [-0.2, -0.15) is 0 Å². The van der Waals surface area contributed by atoms with Crippen LogP contribution in [0.4, 0.5) is 5.69 Å². The molecule has 2 amide bonds. The zero-order valence-corrected chi connectivity index (χ0v) is 25.6. The molecule has 3 aromatic rings. The Hall–Kier alpha value is -3.37. The first-order chi connectivity index (χ1) is 19.0. The van der Waals surface area contributed by atoms with E-state index in [1.165, 1.54) is 17.0 Å². The van der Waals surface area contributed by atoms with Gasteiger partial charge in [-0.1, -0.05) is 46.3 Å². The van der Waals surface area contributed by atoms with Crippen molar-refractivity contribution in [3.8, 4) is 5.75 Å². The number of hydrogen-bond acceptors (Lipinski definition) is 5. The molecule has 0 aliphatic heterocycles. The van der Waals surface area contributed by atoms with Crippen molar-refractivity contribution in [2.24, 2.45) is 0 Å². The van der Waals surface area contributed by atoms with Crippen LogP contribution in [0.25, 0.3) is 0 Å². The second-order valence-electron chi connectivity index (χ2n) is 9.55. The van der Waals surface area contributed by atoms with Crippen molar-refractivity contribution >= 4 is 43.5 Å². The summed E-state index contributed by atoms with van der Waals surface area (Å²) in [6.45, 7) is 7.43. The van der Waals surface area contributed by atoms with E-state index in [2.05, 4.69) is 21.2 Å². The summed E-state index contributed by atoms with van der Waals surface area (Å²) in [6.07, 6.45) is 0.508. The zero-order chi connectivity index (χ0) is 29.3. The molecule has 0 spiro atoms. The molecular formula is C30H36BrN3O5S. The van der Waals surface area contributed by atoms with E-state index in [0.717, 1.165) is 14.3 Å². The van der Waals surface area contributed by atoms with E-state index in [9.17, 15) is 18.0 Å². The number of rotatable bonds is 13. The van der Waals surface area contributed by atoms with Gasteiger partial charge in [0.25, 0.3) is 10.0 Å². The average Bonchev–Trinajstić information content (AvgIpc) is 2.93. The van der Waals surface area contributed by atoms with Crippen molar-refractivity contribution in [2.75, 3.05) is 24.0 Å². The van der Waals surface area contributed by atoms with Gasteiger partial charge in [0.2, 0.25) is 11.8 Å². The lowest BCUT2D eigenvalue weighted by atomic mass is 10.1. The van der Waals surface area contributed by atoms with Crippen molar-refractivity contribution < 1.29 is 22.7 Å². The summed E-state index contributed by atoms with van der Waals surface area (Å²) in [5.74, 6) is -0.210. The van der Waals surface area contributed by atoms with E-state index < -0.39 is 28.5 Å². The fraction of sp³-hybridized carbons (Fsp3) is 0.333. The molecule has 214 valence electrons. The maximum atomic E-state index is 13.9. The normalized spacial score (nSPS) is 12.1. The van der Waals surface area contributed by atoms with Crippen molar-refractivity contribution in [3.05, 3.63) is 88.9 Å². The van der Waals surface area contributed by atoms with Crippen LogP contribution in [0.1, 0.15) is 33.3 Å². The Kier molecular flexibility index (Phi) is 11.2. The topological polar surface area (TPSA) is 96.0 Å². The summed E-state index contributed by atoms with van der Waals surface area (Å²) in [4.78, 5) is 28.3. The van der Waals surface area contributed by atoms with E-state index >= 15 is 0 Å². The number of anilines is 1. The first kappa shape index (κ1) is 31.2. The summed E-state index contributed by atoms with van der Waals surface area (Å²) in [7, 11) is -4.13. The third-order valence-electron chi connectivity index (χ3n) is 6.20. The molecule has 0 saturated carbocycles. The van der Waals surface area contributed by atoms with Crippen LogP contribution < -0.4 is 14.4 Å². The number of nitrogens with zero attached hydrogens (tertiary/aromatic N) is 2. The fourth-order valence-electron chi connectivity index (χ4n) is 4.11. The van der Waals surface area contributed by atoms with E-state index in [1.807, 2.05) is 51.1 Å². The van der Waals surface area contributed by atoms with E-state index in [0.29, 0.717) is 24.5 Å². The highest BCUT2D eigenvalue weighted by molar-refractivity contribution is 9.10. The number of nitrogens with one attached hydrogen (secondary N) is 1.